The van der Waals surface area contributed by atoms with Crippen LogP contribution in [-0.4, -0.2) is 20.1 Å². The highest BCUT2D eigenvalue weighted by molar-refractivity contribution is 6.30. The molecule has 0 fully saturated rings. The number of carbonyl (C=O) groups is 1. The van der Waals surface area contributed by atoms with Crippen LogP contribution < -0.4 is 10.9 Å². The minimum atomic E-state index is -0.755. The van der Waals surface area contributed by atoms with Crippen LogP contribution in [0.1, 0.15) is 24.4 Å². The van der Waals surface area contributed by atoms with Crippen molar-refractivity contribution < 1.29 is 9.21 Å². The smallest absolute Gasteiger partial charge is 0.291 e. The van der Waals surface area contributed by atoms with Gasteiger partial charge < -0.3 is 9.73 Å². The van der Waals surface area contributed by atoms with Gasteiger partial charge in [0.15, 0.2) is 5.58 Å². The maximum atomic E-state index is 12.8. The summed E-state index contributed by atoms with van der Waals surface area (Å²) >= 11 is 5.86. The number of nitrogens with one attached hydrogen (secondary N) is 1. The van der Waals surface area contributed by atoms with Crippen LogP contribution in [0, 0.1) is 6.92 Å². The van der Waals surface area contributed by atoms with Gasteiger partial charge in [0.25, 0.3) is 5.56 Å². The number of benzene rings is 1. The number of fused-ring (bicyclic) bond motifs is 3. The van der Waals surface area contributed by atoms with Crippen LogP contribution in [0.5, 0.6) is 0 Å². The first kappa shape index (κ1) is 17.4. The zero-order chi connectivity index (χ0) is 19.1. The van der Waals surface area contributed by atoms with Gasteiger partial charge in [-0.3, -0.25) is 14.0 Å². The topological polar surface area (TPSA) is 81.5 Å². The fraction of sp³-hybridized carbons (Fsp3) is 0.211. The lowest BCUT2D eigenvalue weighted by molar-refractivity contribution is -0.124. The molecule has 0 aliphatic heterocycles. The quantitative estimate of drug-likeness (QED) is 0.586. The number of hydrogen-bond acceptors (Lipinski definition) is 4. The van der Waals surface area contributed by atoms with Crippen molar-refractivity contribution in [1.29, 1.82) is 0 Å². The fourth-order valence-electron chi connectivity index (χ4n) is 3.11. The Hall–Kier alpha value is -3.06. The van der Waals surface area contributed by atoms with Gasteiger partial charge in [0.05, 0.1) is 11.8 Å². The lowest BCUT2D eigenvalue weighted by atomic mass is 10.2. The average molecular weight is 385 g/mol. The number of halogens is 1. The van der Waals surface area contributed by atoms with E-state index in [-0.39, 0.29) is 11.5 Å². The zero-order valence-electron chi connectivity index (χ0n) is 14.8. The molecule has 0 saturated carbocycles. The first-order chi connectivity index (χ1) is 13.0. The summed E-state index contributed by atoms with van der Waals surface area (Å²) in [7, 11) is 0. The average Bonchev–Trinajstić information content (AvgIpc) is 3.24. The zero-order valence-corrected chi connectivity index (χ0v) is 15.5. The summed E-state index contributed by atoms with van der Waals surface area (Å²) in [6.07, 6.45) is 1.56. The number of hydrogen-bond donors (Lipinski definition) is 1. The highest BCUT2D eigenvalue weighted by Crippen LogP contribution is 2.20. The van der Waals surface area contributed by atoms with Crippen LogP contribution in [0.2, 0.25) is 5.02 Å². The van der Waals surface area contributed by atoms with E-state index in [4.69, 9.17) is 16.0 Å². The molecule has 0 aliphatic rings. The van der Waals surface area contributed by atoms with E-state index in [2.05, 4.69) is 10.4 Å². The Bertz CT molecular complexity index is 1200. The SMILES string of the molecule is Cc1nn([C@H](C)C(=O)NCc2ccc(Cl)cc2)c(=O)c2cc3occc3n12. The maximum absolute atomic E-state index is 12.8. The van der Waals surface area contributed by atoms with Gasteiger partial charge in [0, 0.05) is 23.7 Å². The molecular formula is C19H17ClN4O3. The molecule has 1 aromatic carbocycles. The Balaban J connectivity index is 1.62. The standard InChI is InChI=1S/C19H17ClN4O3/c1-11(18(25)21-10-13-3-5-14(20)6-4-13)24-19(26)16-9-17-15(7-8-27-17)23(16)12(2)22-24/h3-9,11H,10H2,1-2H3,(H,21,25)/t11-/m1/s1. The van der Waals surface area contributed by atoms with Gasteiger partial charge in [0.2, 0.25) is 5.91 Å². The third kappa shape index (κ3) is 3.00. The van der Waals surface area contributed by atoms with Crippen LogP contribution >= 0.6 is 11.6 Å². The van der Waals surface area contributed by atoms with Gasteiger partial charge in [-0.2, -0.15) is 5.10 Å². The van der Waals surface area contributed by atoms with Crippen molar-refractivity contribution in [1.82, 2.24) is 19.5 Å². The number of aryl methyl sites for hydroxylation is 1. The first-order valence-electron chi connectivity index (χ1n) is 8.46. The van der Waals surface area contributed by atoms with Crippen molar-refractivity contribution in [2.24, 2.45) is 0 Å². The van der Waals surface area contributed by atoms with Crippen LogP contribution in [0.4, 0.5) is 0 Å². The number of nitrogens with zero attached hydrogens (tertiary/aromatic N) is 3. The van der Waals surface area contributed by atoms with E-state index >= 15 is 0 Å². The summed E-state index contributed by atoms with van der Waals surface area (Å²) in [4.78, 5) is 25.4. The van der Waals surface area contributed by atoms with Crippen LogP contribution in [0.15, 0.2) is 51.9 Å². The number of rotatable bonds is 4. The molecule has 0 saturated heterocycles. The summed E-state index contributed by atoms with van der Waals surface area (Å²) in [6, 6.07) is 9.89. The van der Waals surface area contributed by atoms with Gasteiger partial charge in [-0.1, -0.05) is 23.7 Å². The van der Waals surface area contributed by atoms with Crippen molar-refractivity contribution in [3.8, 4) is 0 Å². The summed E-state index contributed by atoms with van der Waals surface area (Å²) in [6.45, 7) is 3.77. The van der Waals surface area contributed by atoms with Crippen molar-refractivity contribution in [3.05, 3.63) is 69.4 Å². The Morgan fingerprint density at radius 3 is 2.74 bits per heavy atom. The summed E-state index contributed by atoms with van der Waals surface area (Å²) in [5, 5.41) is 7.80. The number of aromatic nitrogens is 3. The Labute approximate surface area is 159 Å². The predicted molar refractivity (Wildman–Crippen MR) is 102 cm³/mol. The lowest BCUT2D eigenvalue weighted by Crippen LogP contribution is -2.38. The van der Waals surface area contributed by atoms with Crippen molar-refractivity contribution >= 4 is 34.1 Å². The van der Waals surface area contributed by atoms with E-state index in [0.717, 1.165) is 11.1 Å². The van der Waals surface area contributed by atoms with Crippen molar-refractivity contribution in [2.45, 2.75) is 26.4 Å². The molecule has 4 aromatic rings. The van der Waals surface area contributed by atoms with Gasteiger partial charge in [-0.25, -0.2) is 4.68 Å². The van der Waals surface area contributed by atoms with E-state index in [1.807, 2.05) is 12.1 Å². The third-order valence-corrected chi connectivity index (χ3v) is 4.80. The summed E-state index contributed by atoms with van der Waals surface area (Å²) < 4.78 is 8.31. The highest BCUT2D eigenvalue weighted by atomic mass is 35.5. The molecule has 7 nitrogen and oxygen atoms in total. The van der Waals surface area contributed by atoms with E-state index < -0.39 is 6.04 Å². The second-order valence-corrected chi connectivity index (χ2v) is 6.79. The van der Waals surface area contributed by atoms with Crippen LogP contribution in [0.3, 0.4) is 0 Å². The van der Waals surface area contributed by atoms with Crippen molar-refractivity contribution in [2.75, 3.05) is 0 Å². The van der Waals surface area contributed by atoms with Gasteiger partial charge in [-0.05, 0) is 31.5 Å². The van der Waals surface area contributed by atoms with Crippen molar-refractivity contribution in [3.63, 3.8) is 0 Å². The molecule has 1 atom stereocenters. The summed E-state index contributed by atoms with van der Waals surface area (Å²) in [5.74, 6) is 0.303. The van der Waals surface area contributed by atoms with Gasteiger partial charge >= 0.3 is 0 Å². The monoisotopic (exact) mass is 384 g/mol. The largest absolute Gasteiger partial charge is 0.463 e. The third-order valence-electron chi connectivity index (χ3n) is 4.55. The molecular weight excluding hydrogens is 368 g/mol. The molecule has 0 unspecified atom stereocenters. The fourth-order valence-corrected chi connectivity index (χ4v) is 3.23. The number of carbonyl (C=O) groups excluding carboxylic acids is 1. The Morgan fingerprint density at radius 2 is 2.00 bits per heavy atom. The molecule has 0 spiro atoms. The summed E-state index contributed by atoms with van der Waals surface area (Å²) in [5.41, 5.74) is 2.38. The van der Waals surface area contributed by atoms with E-state index in [9.17, 15) is 9.59 Å². The maximum Gasteiger partial charge on any atom is 0.291 e. The van der Waals surface area contributed by atoms with Gasteiger partial charge in [0.1, 0.15) is 17.4 Å². The second kappa shape index (κ2) is 6.59. The normalized spacial score (nSPS) is 12.6. The van der Waals surface area contributed by atoms with E-state index in [1.165, 1.54) is 4.68 Å². The van der Waals surface area contributed by atoms with Crippen LogP contribution in [-0.2, 0) is 11.3 Å². The molecule has 0 bridgehead atoms. The van der Waals surface area contributed by atoms with Gasteiger partial charge in [-0.15, -0.1) is 0 Å². The lowest BCUT2D eigenvalue weighted by Gasteiger charge is -2.15. The highest BCUT2D eigenvalue weighted by Gasteiger charge is 2.21. The predicted octanol–water partition coefficient (Wildman–Crippen LogP) is 3.08. The number of furan rings is 1. The molecule has 8 heteroatoms. The molecule has 4 rings (SSSR count). The molecule has 3 heterocycles. The van der Waals surface area contributed by atoms with E-state index in [1.54, 1.807) is 48.8 Å². The molecule has 0 aliphatic carbocycles. The van der Waals surface area contributed by atoms with Crippen LogP contribution in [0.25, 0.3) is 16.6 Å². The van der Waals surface area contributed by atoms with E-state index in [0.29, 0.717) is 28.5 Å². The molecule has 138 valence electrons. The minimum absolute atomic E-state index is 0.293. The second-order valence-electron chi connectivity index (χ2n) is 6.35. The number of amides is 1. The Kier molecular flexibility index (Phi) is 4.24. The molecule has 27 heavy (non-hydrogen) atoms. The molecule has 1 N–H and O–H groups in total. The molecule has 1 amide bonds. The molecule has 3 aromatic heterocycles. The Morgan fingerprint density at radius 1 is 1.26 bits per heavy atom. The minimum Gasteiger partial charge on any atom is -0.463 e. The molecule has 0 radical (unpaired) electrons. The first-order valence-corrected chi connectivity index (χ1v) is 8.84.